The van der Waals surface area contributed by atoms with E-state index in [-0.39, 0.29) is 5.75 Å². The summed E-state index contributed by atoms with van der Waals surface area (Å²) in [5.41, 5.74) is 0. The Morgan fingerprint density at radius 3 is 2.81 bits per heavy atom. The van der Waals surface area contributed by atoms with Crippen molar-refractivity contribution in [3.8, 4) is 0 Å². The van der Waals surface area contributed by atoms with Crippen molar-refractivity contribution < 1.29 is 8.42 Å². The maximum absolute atomic E-state index is 11.6. The largest absolute Gasteiger partial charge is 0.316 e. The second-order valence-corrected chi connectivity index (χ2v) is 6.97. The summed E-state index contributed by atoms with van der Waals surface area (Å²) in [4.78, 5) is 0.993. The Balaban J connectivity index is 2.39. The summed E-state index contributed by atoms with van der Waals surface area (Å²) in [5, 5.41) is 4.91. The number of halogens is 1. The molecule has 0 aromatic carbocycles. The molecule has 0 aliphatic carbocycles. The molecular formula is C9H15BrN2O2S2. The molecule has 0 saturated carbocycles. The van der Waals surface area contributed by atoms with Crippen LogP contribution in [-0.2, 0) is 16.6 Å². The second-order valence-electron chi connectivity index (χ2n) is 3.19. The quantitative estimate of drug-likeness (QED) is 0.747. The Hall–Kier alpha value is 0.0500. The Kier molecular flexibility index (Phi) is 5.91. The van der Waals surface area contributed by atoms with Crippen molar-refractivity contribution >= 4 is 37.3 Å². The fraction of sp³-hybridized carbons (Fsp3) is 0.556. The van der Waals surface area contributed by atoms with Gasteiger partial charge in [-0.25, -0.2) is 13.1 Å². The smallest absolute Gasteiger partial charge is 0.213 e. The van der Waals surface area contributed by atoms with Gasteiger partial charge in [-0.15, -0.1) is 11.3 Å². The monoisotopic (exact) mass is 326 g/mol. The van der Waals surface area contributed by atoms with Crippen molar-refractivity contribution in [2.45, 2.75) is 13.5 Å². The van der Waals surface area contributed by atoms with Gasteiger partial charge in [0.05, 0.1) is 5.75 Å². The molecule has 0 saturated heterocycles. The maximum atomic E-state index is 11.6. The predicted molar refractivity (Wildman–Crippen MR) is 71.2 cm³/mol. The van der Waals surface area contributed by atoms with E-state index in [2.05, 4.69) is 26.0 Å². The van der Waals surface area contributed by atoms with Gasteiger partial charge in [0, 0.05) is 22.4 Å². The lowest BCUT2D eigenvalue weighted by molar-refractivity contribution is 0.578. The zero-order valence-corrected chi connectivity index (χ0v) is 12.2. The normalized spacial score (nSPS) is 11.9. The van der Waals surface area contributed by atoms with Crippen molar-refractivity contribution in [3.63, 3.8) is 0 Å². The fourth-order valence-electron chi connectivity index (χ4n) is 1.08. The van der Waals surface area contributed by atoms with Crippen LogP contribution in [0.5, 0.6) is 0 Å². The van der Waals surface area contributed by atoms with Gasteiger partial charge in [-0.3, -0.25) is 0 Å². The van der Waals surface area contributed by atoms with Gasteiger partial charge in [0.1, 0.15) is 0 Å². The zero-order chi connectivity index (χ0) is 12.0. The third-order valence-corrected chi connectivity index (χ3v) is 5.19. The van der Waals surface area contributed by atoms with E-state index < -0.39 is 10.0 Å². The molecule has 1 heterocycles. The van der Waals surface area contributed by atoms with Crippen LogP contribution >= 0.6 is 27.3 Å². The van der Waals surface area contributed by atoms with Crippen molar-refractivity contribution in [2.24, 2.45) is 0 Å². The van der Waals surface area contributed by atoms with E-state index in [1.807, 2.05) is 18.4 Å². The molecule has 0 atom stereocenters. The summed E-state index contributed by atoms with van der Waals surface area (Å²) >= 11 is 4.89. The van der Waals surface area contributed by atoms with Crippen molar-refractivity contribution in [1.29, 1.82) is 0 Å². The number of hydrogen-bond acceptors (Lipinski definition) is 4. The highest BCUT2D eigenvalue weighted by atomic mass is 79.9. The van der Waals surface area contributed by atoms with E-state index >= 15 is 0 Å². The Morgan fingerprint density at radius 2 is 2.25 bits per heavy atom. The van der Waals surface area contributed by atoms with Gasteiger partial charge in [-0.1, -0.05) is 6.92 Å². The Labute approximate surface area is 109 Å². The van der Waals surface area contributed by atoms with Crippen LogP contribution < -0.4 is 10.0 Å². The van der Waals surface area contributed by atoms with Crippen LogP contribution in [-0.4, -0.2) is 27.3 Å². The second kappa shape index (κ2) is 6.70. The molecule has 0 amide bonds. The number of rotatable bonds is 7. The lowest BCUT2D eigenvalue weighted by Crippen LogP contribution is -2.31. The maximum Gasteiger partial charge on any atom is 0.213 e. The van der Waals surface area contributed by atoms with Crippen LogP contribution in [0, 0.1) is 0 Å². The molecule has 0 fully saturated rings. The zero-order valence-electron chi connectivity index (χ0n) is 8.99. The highest BCUT2D eigenvalue weighted by molar-refractivity contribution is 9.10. The highest BCUT2D eigenvalue weighted by Crippen LogP contribution is 2.22. The van der Waals surface area contributed by atoms with E-state index in [0.29, 0.717) is 13.1 Å². The number of hydrogen-bond donors (Lipinski definition) is 2. The predicted octanol–water partition coefficient (Wildman–Crippen LogP) is 1.54. The van der Waals surface area contributed by atoms with E-state index in [1.165, 1.54) is 11.3 Å². The first-order valence-corrected chi connectivity index (χ1v) is 8.27. The third kappa shape index (κ3) is 4.92. The van der Waals surface area contributed by atoms with Crippen molar-refractivity contribution in [3.05, 3.63) is 20.8 Å². The number of sulfonamides is 1. The average Bonchev–Trinajstić information content (AvgIpc) is 2.62. The topological polar surface area (TPSA) is 58.2 Å². The molecule has 0 spiro atoms. The molecule has 0 aliphatic rings. The molecule has 1 rings (SSSR count). The van der Waals surface area contributed by atoms with Gasteiger partial charge in [0.15, 0.2) is 0 Å². The van der Waals surface area contributed by atoms with E-state index in [9.17, 15) is 8.42 Å². The molecule has 92 valence electrons. The molecular weight excluding hydrogens is 312 g/mol. The summed E-state index contributed by atoms with van der Waals surface area (Å²) in [6.07, 6.45) is 0. The lowest BCUT2D eigenvalue weighted by atomic mass is 10.5. The molecule has 0 unspecified atom stereocenters. The first kappa shape index (κ1) is 14.1. The third-order valence-electron chi connectivity index (χ3n) is 1.94. The minimum atomic E-state index is -3.17. The minimum Gasteiger partial charge on any atom is -0.316 e. The summed E-state index contributed by atoms with van der Waals surface area (Å²) < 4.78 is 26.6. The lowest BCUT2D eigenvalue weighted by Gasteiger charge is -2.06. The molecule has 0 aliphatic heterocycles. The minimum absolute atomic E-state index is 0.115. The highest BCUT2D eigenvalue weighted by Gasteiger charge is 2.10. The molecule has 1 aromatic rings. The summed E-state index contributed by atoms with van der Waals surface area (Å²) in [7, 11) is -3.17. The summed E-state index contributed by atoms with van der Waals surface area (Å²) in [5.74, 6) is 0.115. The SMILES string of the molecule is CCNCCS(=O)(=O)NCc1sccc1Br. The molecule has 16 heavy (non-hydrogen) atoms. The van der Waals surface area contributed by atoms with Gasteiger partial charge in [-0.2, -0.15) is 0 Å². The number of nitrogens with one attached hydrogen (secondary N) is 2. The van der Waals surface area contributed by atoms with Crippen LogP contribution in [0.3, 0.4) is 0 Å². The van der Waals surface area contributed by atoms with E-state index in [4.69, 9.17) is 0 Å². The van der Waals surface area contributed by atoms with Crippen LogP contribution in [0.4, 0.5) is 0 Å². The summed E-state index contributed by atoms with van der Waals surface area (Å²) in [6.45, 7) is 3.57. The fourth-order valence-corrected chi connectivity index (χ4v) is 3.53. The number of thiophene rings is 1. The molecule has 2 N–H and O–H groups in total. The Morgan fingerprint density at radius 1 is 1.50 bits per heavy atom. The summed E-state index contributed by atoms with van der Waals surface area (Å²) in [6, 6.07) is 1.91. The van der Waals surface area contributed by atoms with Crippen LogP contribution in [0.25, 0.3) is 0 Å². The molecule has 0 radical (unpaired) electrons. The molecule has 0 bridgehead atoms. The van der Waals surface area contributed by atoms with Gasteiger partial charge in [0.25, 0.3) is 0 Å². The van der Waals surface area contributed by atoms with Crippen molar-refractivity contribution in [2.75, 3.05) is 18.8 Å². The van der Waals surface area contributed by atoms with Gasteiger partial charge in [0.2, 0.25) is 10.0 Å². The van der Waals surface area contributed by atoms with E-state index in [0.717, 1.165) is 15.9 Å². The Bertz CT molecular complexity index is 417. The molecule has 4 nitrogen and oxygen atoms in total. The molecule has 7 heteroatoms. The molecule has 1 aromatic heterocycles. The van der Waals surface area contributed by atoms with Crippen LogP contribution in [0.1, 0.15) is 11.8 Å². The first-order valence-electron chi connectivity index (χ1n) is 4.95. The standard InChI is InChI=1S/C9H15BrN2O2S2/c1-2-11-4-6-16(13,14)12-7-9-8(10)3-5-15-9/h3,5,11-12H,2,4,6-7H2,1H3. The van der Waals surface area contributed by atoms with Gasteiger partial charge < -0.3 is 5.32 Å². The van der Waals surface area contributed by atoms with Crippen LogP contribution in [0.2, 0.25) is 0 Å². The van der Waals surface area contributed by atoms with E-state index in [1.54, 1.807) is 0 Å². The first-order chi connectivity index (χ1) is 7.55. The van der Waals surface area contributed by atoms with Gasteiger partial charge >= 0.3 is 0 Å². The average molecular weight is 327 g/mol. The van der Waals surface area contributed by atoms with Gasteiger partial charge in [-0.05, 0) is 33.9 Å². The van der Waals surface area contributed by atoms with Crippen LogP contribution in [0.15, 0.2) is 15.9 Å². The van der Waals surface area contributed by atoms with Crippen molar-refractivity contribution in [1.82, 2.24) is 10.0 Å².